The van der Waals surface area contributed by atoms with Crippen LogP contribution in [-0.2, 0) is 4.79 Å². The van der Waals surface area contributed by atoms with E-state index in [4.69, 9.17) is 0 Å². The molecule has 0 saturated carbocycles. The highest BCUT2D eigenvalue weighted by atomic mass is 16.1. The van der Waals surface area contributed by atoms with Gasteiger partial charge in [-0.1, -0.05) is 27.7 Å². The third kappa shape index (κ3) is 3.51. The largest absolute Gasteiger partial charge is 0.308 e. The van der Waals surface area contributed by atoms with Crippen molar-refractivity contribution in [3.8, 4) is 0 Å². The molecule has 2 heteroatoms. The van der Waals surface area contributed by atoms with Crippen molar-refractivity contribution in [2.75, 3.05) is 6.54 Å². The number of hydrogen-bond acceptors (Lipinski definition) is 2. The van der Waals surface area contributed by atoms with E-state index >= 15 is 0 Å². The van der Waals surface area contributed by atoms with E-state index in [0.717, 1.165) is 6.54 Å². The molecule has 0 fully saturated rings. The molecule has 0 aliphatic carbocycles. The van der Waals surface area contributed by atoms with Crippen LogP contribution in [0, 0.1) is 5.92 Å². The van der Waals surface area contributed by atoms with E-state index in [9.17, 15) is 4.79 Å². The Hall–Kier alpha value is -0.370. The van der Waals surface area contributed by atoms with Gasteiger partial charge in [0.1, 0.15) is 5.78 Å². The molecule has 1 atom stereocenters. The van der Waals surface area contributed by atoms with Crippen molar-refractivity contribution in [3.63, 3.8) is 0 Å². The number of Topliss-reactive ketones (excluding diaryl/α,β-unsaturated/α-hetero) is 1. The molecule has 0 spiro atoms. The van der Waals surface area contributed by atoms with Crippen LogP contribution in [0.15, 0.2) is 0 Å². The smallest absolute Gasteiger partial charge is 0.149 e. The fourth-order valence-corrected chi connectivity index (χ4v) is 1.16. The molecule has 0 aliphatic rings. The molecule has 0 aliphatic heterocycles. The molecule has 1 unspecified atom stereocenters. The van der Waals surface area contributed by atoms with Gasteiger partial charge in [0, 0.05) is 7.85 Å². The lowest BCUT2D eigenvalue weighted by Gasteiger charge is -2.19. The second-order valence-electron chi connectivity index (χ2n) is 3.10. The van der Waals surface area contributed by atoms with Gasteiger partial charge in [0.25, 0.3) is 0 Å². The quantitative estimate of drug-likeness (QED) is 0.663. The predicted molar refractivity (Wildman–Crippen MR) is 49.7 cm³/mol. The van der Waals surface area contributed by atoms with Gasteiger partial charge in [0.05, 0.1) is 6.04 Å². The Morgan fingerprint density at radius 2 is 2.00 bits per heavy atom. The molecule has 0 bridgehead atoms. The minimum absolute atomic E-state index is 0. The topological polar surface area (TPSA) is 29.1 Å². The molecule has 11 heavy (non-hydrogen) atoms. The van der Waals surface area contributed by atoms with Crippen LogP contribution in [0.3, 0.4) is 0 Å². The van der Waals surface area contributed by atoms with Crippen LogP contribution in [0.5, 0.6) is 0 Å². The van der Waals surface area contributed by atoms with Crippen LogP contribution >= 0.6 is 0 Å². The van der Waals surface area contributed by atoms with E-state index in [-0.39, 0.29) is 7.47 Å². The molecule has 0 radical (unpaired) electrons. The van der Waals surface area contributed by atoms with Crippen molar-refractivity contribution in [1.29, 1.82) is 0 Å². The number of carbonyl (C=O) groups excluding carboxylic acids is 1. The molecule has 1 N–H and O–H groups in total. The average Bonchev–Trinajstić information content (AvgIpc) is 1.98. The highest BCUT2D eigenvalue weighted by molar-refractivity contribution is 5.83. The fraction of sp³-hybridized carbons (Fsp3) is 0.889. The summed E-state index contributed by atoms with van der Waals surface area (Å²) in [5.74, 6) is 0.726. The summed E-state index contributed by atoms with van der Waals surface area (Å²) in [6, 6.07) is 0.0602. The zero-order valence-corrected chi connectivity index (χ0v) is 7.98. The number of likely N-dealkylation sites (N-methyl/N-ethyl adjacent to an activating group) is 1. The summed E-state index contributed by atoms with van der Waals surface area (Å²) in [5.41, 5.74) is 0. The summed E-state index contributed by atoms with van der Waals surface area (Å²) >= 11 is 0. The molecular formula is C9H21NO. The summed E-state index contributed by atoms with van der Waals surface area (Å²) in [6.45, 7) is 8.95. The van der Waals surface area contributed by atoms with Crippen LogP contribution in [0.2, 0.25) is 0 Å². The number of ketones is 1. The number of rotatable bonds is 5. The van der Waals surface area contributed by atoms with Crippen LogP contribution < -0.4 is 5.32 Å². The summed E-state index contributed by atoms with van der Waals surface area (Å²) in [6.07, 6.45) is 0.635. The molecule has 0 heterocycles. The van der Waals surface area contributed by atoms with Crippen LogP contribution in [0.4, 0.5) is 0 Å². The highest BCUT2D eigenvalue weighted by Gasteiger charge is 2.18. The van der Waals surface area contributed by atoms with Gasteiger partial charge in [-0.05, 0) is 12.5 Å². The Labute approximate surface area is 70.9 Å². The van der Waals surface area contributed by atoms with Gasteiger partial charge in [-0.3, -0.25) is 4.79 Å². The van der Waals surface area contributed by atoms with Gasteiger partial charge >= 0.3 is 0 Å². The second-order valence-corrected chi connectivity index (χ2v) is 3.10. The van der Waals surface area contributed by atoms with Gasteiger partial charge in [0.15, 0.2) is 0 Å². The van der Waals surface area contributed by atoms with E-state index in [1.807, 2.05) is 13.8 Å². The molecule has 0 aromatic rings. The van der Waals surface area contributed by atoms with E-state index in [2.05, 4.69) is 19.2 Å². The second kappa shape index (κ2) is 5.30. The fourth-order valence-electron chi connectivity index (χ4n) is 1.16. The van der Waals surface area contributed by atoms with Gasteiger partial charge in [-0.25, -0.2) is 0 Å². The summed E-state index contributed by atoms with van der Waals surface area (Å²) in [5, 5.41) is 3.18. The number of hydrogen-bond donors (Lipinski definition) is 1. The first kappa shape index (κ1) is 10.6. The Kier molecular flexibility index (Phi) is 5.12. The van der Waals surface area contributed by atoms with Gasteiger partial charge < -0.3 is 5.32 Å². The van der Waals surface area contributed by atoms with Crippen molar-refractivity contribution in [2.45, 2.75) is 40.2 Å². The zero-order chi connectivity index (χ0) is 8.85. The van der Waals surface area contributed by atoms with E-state index < -0.39 is 0 Å². The molecule has 0 saturated heterocycles. The van der Waals surface area contributed by atoms with Gasteiger partial charge in [0.2, 0.25) is 0 Å². The first-order valence-corrected chi connectivity index (χ1v) is 4.39. The summed E-state index contributed by atoms with van der Waals surface area (Å²) < 4.78 is 0. The first-order valence-electron chi connectivity index (χ1n) is 4.39. The number of carbonyl (C=O) groups is 1. The van der Waals surface area contributed by atoms with E-state index in [0.29, 0.717) is 18.1 Å². The van der Waals surface area contributed by atoms with Crippen molar-refractivity contribution in [3.05, 3.63) is 0 Å². The Bertz CT molecular complexity index is 126. The summed E-state index contributed by atoms with van der Waals surface area (Å²) in [4.78, 5) is 11.3. The monoisotopic (exact) mass is 159 g/mol. The molecule has 0 aromatic carbocycles. The van der Waals surface area contributed by atoms with Crippen molar-refractivity contribution < 1.29 is 6.22 Å². The molecule has 2 nitrogen and oxygen atoms in total. The lowest BCUT2D eigenvalue weighted by atomic mass is 9.98. The summed E-state index contributed by atoms with van der Waals surface area (Å²) in [7, 11) is 0. The van der Waals surface area contributed by atoms with Crippen molar-refractivity contribution in [1.82, 2.24) is 5.32 Å². The standard InChI is InChI=1S/C9H19NO.H2/c1-5-8(11)9(7(3)4)10-6-2;/h7,9-10H,5-6H2,1-4H3;1H. The lowest BCUT2D eigenvalue weighted by Crippen LogP contribution is -2.40. The Morgan fingerprint density at radius 1 is 1.45 bits per heavy atom. The minimum Gasteiger partial charge on any atom is -0.308 e. The molecule has 0 amide bonds. The van der Waals surface area contributed by atoms with E-state index in [1.54, 1.807) is 0 Å². The van der Waals surface area contributed by atoms with E-state index in [1.165, 1.54) is 0 Å². The maximum atomic E-state index is 11.3. The third-order valence-electron chi connectivity index (χ3n) is 1.79. The molecule has 0 rings (SSSR count). The maximum absolute atomic E-state index is 11.3. The third-order valence-corrected chi connectivity index (χ3v) is 1.79. The Balaban J connectivity index is 0. The highest BCUT2D eigenvalue weighted by Crippen LogP contribution is 2.04. The predicted octanol–water partition coefficient (Wildman–Crippen LogP) is 1.85. The first-order chi connectivity index (χ1) is 5.13. The average molecular weight is 159 g/mol. The van der Waals surface area contributed by atoms with Gasteiger partial charge in [-0.15, -0.1) is 0 Å². The van der Waals surface area contributed by atoms with Crippen molar-refractivity contribution in [2.24, 2.45) is 5.92 Å². The normalized spacial score (nSPS) is 13.5. The van der Waals surface area contributed by atoms with Gasteiger partial charge in [-0.2, -0.15) is 0 Å². The van der Waals surface area contributed by atoms with Crippen LogP contribution in [0.1, 0.15) is 35.5 Å². The number of nitrogens with one attached hydrogen (secondary N) is 1. The maximum Gasteiger partial charge on any atom is 0.149 e. The molecule has 68 valence electrons. The SMILES string of the molecule is CCNC(C(=O)CC)C(C)C.[HH]. The minimum atomic E-state index is 0. The van der Waals surface area contributed by atoms with Crippen LogP contribution in [-0.4, -0.2) is 18.4 Å². The van der Waals surface area contributed by atoms with Crippen LogP contribution in [0.25, 0.3) is 0 Å². The lowest BCUT2D eigenvalue weighted by molar-refractivity contribution is -0.121. The molecular weight excluding hydrogens is 138 g/mol. The Morgan fingerprint density at radius 3 is 2.27 bits per heavy atom. The molecule has 0 aromatic heterocycles. The van der Waals surface area contributed by atoms with Crippen molar-refractivity contribution >= 4 is 5.78 Å². The zero-order valence-electron chi connectivity index (χ0n) is 7.98.